The summed E-state index contributed by atoms with van der Waals surface area (Å²) in [4.78, 5) is 68.3. The molecule has 0 radical (unpaired) electrons. The number of aromatic carboxylic acids is 2. The summed E-state index contributed by atoms with van der Waals surface area (Å²) >= 11 is 0. The number of hydrogen-bond acceptors (Lipinski definition) is 13. The van der Waals surface area contributed by atoms with E-state index in [-0.39, 0.29) is 11.5 Å². The monoisotopic (exact) mass is 558 g/mol. The van der Waals surface area contributed by atoms with Crippen molar-refractivity contribution in [3.63, 3.8) is 0 Å². The number of nitro benzene ring substituents is 2. The zero-order chi connectivity index (χ0) is 29.3. The standard InChI is InChI=1S/C23H14N2O15/c26-9(7-37-14-3-1-10(24(33)34)20-18(14)12(27)5-16(39-20)22(29)30)8-38-15-4-2-11(25(35)36)21-19(15)13(28)6-17(40-21)23(31)32/h1-6,9,26H,7-8H2,(H,29,30)(H,31,32). The Balaban J connectivity index is 1.59. The van der Waals surface area contributed by atoms with Crippen molar-refractivity contribution in [3.05, 3.63) is 88.6 Å². The van der Waals surface area contributed by atoms with Crippen LogP contribution in [0.4, 0.5) is 11.4 Å². The Morgan fingerprint density at radius 1 is 0.775 bits per heavy atom. The van der Waals surface area contributed by atoms with Crippen LogP contribution in [-0.4, -0.2) is 56.4 Å². The van der Waals surface area contributed by atoms with Crippen molar-refractivity contribution < 1.29 is 53.1 Å². The predicted molar refractivity (Wildman–Crippen MR) is 129 cm³/mol. The van der Waals surface area contributed by atoms with E-state index in [1.54, 1.807) is 0 Å². The molecule has 40 heavy (non-hydrogen) atoms. The van der Waals surface area contributed by atoms with E-state index in [0.29, 0.717) is 12.1 Å². The fourth-order valence-corrected chi connectivity index (χ4v) is 3.60. The summed E-state index contributed by atoms with van der Waals surface area (Å²) in [6.07, 6.45) is -1.48. The van der Waals surface area contributed by atoms with Gasteiger partial charge in [-0.25, -0.2) is 9.59 Å². The van der Waals surface area contributed by atoms with Gasteiger partial charge < -0.3 is 33.6 Å². The molecule has 2 heterocycles. The summed E-state index contributed by atoms with van der Waals surface area (Å²) in [6.45, 7) is -1.18. The Bertz CT molecular complexity index is 1710. The van der Waals surface area contributed by atoms with Crippen molar-refractivity contribution in [2.45, 2.75) is 6.10 Å². The molecule has 0 aliphatic heterocycles. The smallest absolute Gasteiger partial charge is 0.371 e. The Morgan fingerprint density at radius 2 is 1.15 bits per heavy atom. The van der Waals surface area contributed by atoms with E-state index >= 15 is 0 Å². The van der Waals surface area contributed by atoms with Gasteiger partial charge in [-0.3, -0.25) is 29.8 Å². The Labute approximate surface area is 218 Å². The molecule has 0 fully saturated rings. The maximum Gasteiger partial charge on any atom is 0.371 e. The number of fused-ring (bicyclic) bond motifs is 2. The van der Waals surface area contributed by atoms with Crippen molar-refractivity contribution in [2.75, 3.05) is 13.2 Å². The van der Waals surface area contributed by atoms with E-state index in [0.717, 1.165) is 24.3 Å². The van der Waals surface area contributed by atoms with E-state index in [1.165, 1.54) is 0 Å². The summed E-state index contributed by atoms with van der Waals surface area (Å²) in [5.74, 6) is -5.54. The average molecular weight is 558 g/mol. The van der Waals surface area contributed by atoms with Crippen LogP contribution in [0.3, 0.4) is 0 Å². The molecule has 4 aromatic rings. The van der Waals surface area contributed by atoms with Gasteiger partial charge in [0.2, 0.25) is 22.7 Å². The molecular formula is C23H14N2O15. The lowest BCUT2D eigenvalue weighted by molar-refractivity contribution is -0.383. The molecule has 0 spiro atoms. The molecule has 0 unspecified atom stereocenters. The number of aliphatic hydroxyl groups excluding tert-OH is 1. The topological polar surface area (TPSA) is 260 Å². The molecule has 2 aromatic heterocycles. The van der Waals surface area contributed by atoms with E-state index in [9.17, 15) is 44.5 Å². The number of rotatable bonds is 10. The number of ether oxygens (including phenoxy) is 2. The third-order valence-corrected chi connectivity index (χ3v) is 5.32. The predicted octanol–water partition coefficient (Wildman–Crippen LogP) is 1.93. The van der Waals surface area contributed by atoms with Crippen LogP contribution in [0.1, 0.15) is 21.1 Å². The summed E-state index contributed by atoms with van der Waals surface area (Å²) in [7, 11) is 0. The SMILES string of the molecule is O=C(O)c1cc(=O)c2c(OCC(O)COc3ccc([N+](=O)[O-])c4oc(C(=O)O)cc(=O)c34)ccc([N+](=O)[O-])c2o1. The molecule has 4 rings (SSSR count). The lowest BCUT2D eigenvalue weighted by Crippen LogP contribution is -2.25. The molecule has 0 atom stereocenters. The minimum atomic E-state index is -1.64. The van der Waals surface area contributed by atoms with Crippen molar-refractivity contribution in [1.82, 2.24) is 0 Å². The van der Waals surface area contributed by atoms with Crippen LogP contribution in [0.25, 0.3) is 21.9 Å². The zero-order valence-electron chi connectivity index (χ0n) is 19.6. The summed E-state index contributed by atoms with van der Waals surface area (Å²) < 4.78 is 20.8. The minimum Gasteiger partial charge on any atom is -0.490 e. The molecule has 206 valence electrons. The normalized spacial score (nSPS) is 11.1. The average Bonchev–Trinajstić information content (AvgIpc) is 2.89. The second kappa shape index (κ2) is 10.5. The van der Waals surface area contributed by atoms with Crippen LogP contribution < -0.4 is 20.3 Å². The molecule has 17 heteroatoms. The van der Waals surface area contributed by atoms with Crippen LogP contribution in [-0.2, 0) is 0 Å². The first-order valence-corrected chi connectivity index (χ1v) is 10.8. The number of hydrogen-bond donors (Lipinski definition) is 3. The minimum absolute atomic E-state index is 0.284. The van der Waals surface area contributed by atoms with Crippen molar-refractivity contribution in [1.29, 1.82) is 0 Å². The second-order valence-electron chi connectivity index (χ2n) is 7.92. The lowest BCUT2D eigenvalue weighted by Gasteiger charge is -2.15. The van der Waals surface area contributed by atoms with Crippen molar-refractivity contribution >= 4 is 45.3 Å². The Morgan fingerprint density at radius 3 is 1.48 bits per heavy atom. The number of carboxylic acid groups (broad SMARTS) is 2. The molecule has 0 aliphatic carbocycles. The quantitative estimate of drug-likeness (QED) is 0.185. The van der Waals surface area contributed by atoms with Crippen molar-refractivity contribution in [3.8, 4) is 11.5 Å². The van der Waals surface area contributed by atoms with Gasteiger partial charge in [0.1, 0.15) is 41.6 Å². The number of aliphatic hydroxyl groups is 1. The van der Waals surface area contributed by atoms with Crippen LogP contribution in [0.15, 0.2) is 54.8 Å². The highest BCUT2D eigenvalue weighted by atomic mass is 16.6. The third-order valence-electron chi connectivity index (χ3n) is 5.32. The van der Waals surface area contributed by atoms with Gasteiger partial charge in [-0.1, -0.05) is 0 Å². The van der Waals surface area contributed by atoms with Crippen molar-refractivity contribution in [2.24, 2.45) is 0 Å². The van der Waals surface area contributed by atoms with Gasteiger partial charge in [0.25, 0.3) is 0 Å². The first-order chi connectivity index (χ1) is 18.9. The third kappa shape index (κ3) is 5.11. The number of carboxylic acids is 2. The summed E-state index contributed by atoms with van der Waals surface area (Å²) in [6, 6.07) is 5.09. The molecule has 17 nitrogen and oxygen atoms in total. The molecule has 0 amide bonds. The maximum absolute atomic E-state index is 12.5. The molecule has 2 aromatic carbocycles. The highest BCUT2D eigenvalue weighted by Crippen LogP contribution is 2.33. The van der Waals surface area contributed by atoms with Gasteiger partial charge in [-0.15, -0.1) is 0 Å². The number of carbonyl (C=O) groups is 2. The molecule has 0 aliphatic rings. The van der Waals surface area contributed by atoms with Gasteiger partial charge in [-0.05, 0) is 12.1 Å². The number of benzene rings is 2. The molecule has 0 saturated heterocycles. The fraction of sp³-hybridized carbons (Fsp3) is 0.130. The van der Waals surface area contributed by atoms with Gasteiger partial charge in [0.05, 0.1) is 9.85 Å². The first-order valence-electron chi connectivity index (χ1n) is 10.8. The zero-order valence-corrected chi connectivity index (χ0v) is 19.6. The van der Waals surface area contributed by atoms with Crippen LogP contribution in [0, 0.1) is 20.2 Å². The van der Waals surface area contributed by atoms with E-state index in [4.69, 9.17) is 28.5 Å². The number of non-ortho nitro benzene ring substituents is 2. The van der Waals surface area contributed by atoms with E-state index in [2.05, 4.69) is 0 Å². The first kappa shape index (κ1) is 27.2. The van der Waals surface area contributed by atoms with Gasteiger partial charge in [-0.2, -0.15) is 0 Å². The Hall–Kier alpha value is -5.84. The number of nitrogens with zero attached hydrogens (tertiary/aromatic N) is 2. The van der Waals surface area contributed by atoms with Crippen LogP contribution in [0.2, 0.25) is 0 Å². The van der Waals surface area contributed by atoms with E-state index in [1.807, 2.05) is 0 Å². The van der Waals surface area contributed by atoms with Crippen LogP contribution >= 0.6 is 0 Å². The highest BCUT2D eigenvalue weighted by Gasteiger charge is 2.25. The fourth-order valence-electron chi connectivity index (χ4n) is 3.60. The molecule has 3 N–H and O–H groups in total. The van der Waals surface area contributed by atoms with Gasteiger partial charge in [0.15, 0.2) is 10.9 Å². The lowest BCUT2D eigenvalue weighted by atomic mass is 10.1. The van der Waals surface area contributed by atoms with Gasteiger partial charge in [0, 0.05) is 24.3 Å². The number of nitro groups is 2. The van der Waals surface area contributed by atoms with Crippen LogP contribution in [0.5, 0.6) is 11.5 Å². The van der Waals surface area contributed by atoms with E-state index < -0.39 is 96.8 Å². The van der Waals surface area contributed by atoms with Gasteiger partial charge >= 0.3 is 23.3 Å². The maximum atomic E-state index is 12.5. The Kier molecular flexibility index (Phi) is 7.14. The molecule has 0 bridgehead atoms. The summed E-state index contributed by atoms with van der Waals surface area (Å²) in [5, 5.41) is 50.3. The second-order valence-corrected chi connectivity index (χ2v) is 7.92. The largest absolute Gasteiger partial charge is 0.490 e. The summed E-state index contributed by atoms with van der Waals surface area (Å²) in [5.41, 5.74) is -4.67. The molecular weight excluding hydrogens is 544 g/mol. The molecule has 0 saturated carbocycles. The highest BCUT2D eigenvalue weighted by molar-refractivity contribution is 5.94.